The molecule has 0 aromatic heterocycles. The van der Waals surface area contributed by atoms with Gasteiger partial charge in [-0.3, -0.25) is 14.5 Å². The van der Waals surface area contributed by atoms with Gasteiger partial charge in [0.1, 0.15) is 19.3 Å². The lowest BCUT2D eigenvalue weighted by molar-refractivity contribution is -0.178. The first-order valence-corrected chi connectivity index (χ1v) is 6.10. The highest BCUT2D eigenvalue weighted by Crippen LogP contribution is 2.14. The van der Waals surface area contributed by atoms with Crippen LogP contribution in [0.1, 0.15) is 6.92 Å². The van der Waals surface area contributed by atoms with Crippen molar-refractivity contribution in [3.05, 3.63) is 0 Å². The van der Waals surface area contributed by atoms with E-state index < -0.39 is 37.3 Å². The summed E-state index contributed by atoms with van der Waals surface area (Å²) in [6.45, 7) is 0.795. The zero-order valence-electron chi connectivity index (χ0n) is 11.0. The number of nitrogens with zero attached hydrogens (tertiary/aromatic N) is 2. The summed E-state index contributed by atoms with van der Waals surface area (Å²) in [5.74, 6) is -1.46. The molecule has 1 rings (SSSR count). The van der Waals surface area contributed by atoms with Crippen LogP contribution in [0.15, 0.2) is 0 Å². The fourth-order valence-electron chi connectivity index (χ4n) is 1.86. The number of hydrogen-bond donors (Lipinski definition) is 1. The summed E-state index contributed by atoms with van der Waals surface area (Å²) >= 11 is 0. The van der Waals surface area contributed by atoms with Gasteiger partial charge < -0.3 is 14.7 Å². The Kier molecular flexibility index (Phi) is 5.75. The zero-order valence-corrected chi connectivity index (χ0v) is 11.0. The van der Waals surface area contributed by atoms with E-state index in [4.69, 9.17) is 5.11 Å². The SMILES string of the molecule is CC(C(=O)O)N1CCN(C(=O)COCC(F)(F)F)CC1. The Bertz CT molecular complexity index is 354. The molecule has 1 heterocycles. The average molecular weight is 298 g/mol. The van der Waals surface area contributed by atoms with Crippen LogP contribution in [0, 0.1) is 0 Å². The molecule has 0 bridgehead atoms. The number of amides is 1. The summed E-state index contributed by atoms with van der Waals surface area (Å²) in [6, 6.07) is -0.645. The Morgan fingerprint density at radius 2 is 1.80 bits per heavy atom. The monoisotopic (exact) mass is 298 g/mol. The Morgan fingerprint density at radius 3 is 2.25 bits per heavy atom. The van der Waals surface area contributed by atoms with E-state index in [9.17, 15) is 22.8 Å². The second-order valence-electron chi connectivity index (χ2n) is 4.54. The van der Waals surface area contributed by atoms with Crippen molar-refractivity contribution in [2.24, 2.45) is 0 Å². The second-order valence-corrected chi connectivity index (χ2v) is 4.54. The van der Waals surface area contributed by atoms with E-state index in [0.29, 0.717) is 13.1 Å². The van der Waals surface area contributed by atoms with Crippen LogP contribution in [0.25, 0.3) is 0 Å². The van der Waals surface area contributed by atoms with Gasteiger partial charge in [0.05, 0.1) is 0 Å². The van der Waals surface area contributed by atoms with E-state index in [1.807, 2.05) is 0 Å². The molecule has 0 spiro atoms. The van der Waals surface area contributed by atoms with Crippen LogP contribution in [0.4, 0.5) is 13.2 Å². The topological polar surface area (TPSA) is 70.1 Å². The Hall–Kier alpha value is -1.35. The van der Waals surface area contributed by atoms with Gasteiger partial charge in [0.15, 0.2) is 0 Å². The van der Waals surface area contributed by atoms with Crippen molar-refractivity contribution in [1.29, 1.82) is 0 Å². The van der Waals surface area contributed by atoms with Gasteiger partial charge in [-0.25, -0.2) is 0 Å². The molecule has 1 amide bonds. The summed E-state index contributed by atoms with van der Waals surface area (Å²) in [4.78, 5) is 25.5. The molecule has 0 aromatic rings. The minimum Gasteiger partial charge on any atom is -0.480 e. The van der Waals surface area contributed by atoms with Gasteiger partial charge in [0, 0.05) is 26.2 Å². The highest BCUT2D eigenvalue weighted by atomic mass is 19.4. The number of carboxylic acids is 1. The lowest BCUT2D eigenvalue weighted by Gasteiger charge is -2.36. The fourth-order valence-corrected chi connectivity index (χ4v) is 1.86. The number of halogens is 3. The van der Waals surface area contributed by atoms with Crippen molar-refractivity contribution in [2.45, 2.75) is 19.1 Å². The molecule has 0 aliphatic carbocycles. The molecule has 6 nitrogen and oxygen atoms in total. The Morgan fingerprint density at radius 1 is 1.25 bits per heavy atom. The maximum atomic E-state index is 11.9. The molecule has 1 unspecified atom stereocenters. The van der Waals surface area contributed by atoms with Crippen LogP contribution in [-0.2, 0) is 14.3 Å². The van der Waals surface area contributed by atoms with Gasteiger partial charge >= 0.3 is 12.1 Å². The van der Waals surface area contributed by atoms with Crippen LogP contribution in [0.3, 0.4) is 0 Å². The third kappa shape index (κ3) is 5.33. The quantitative estimate of drug-likeness (QED) is 0.784. The van der Waals surface area contributed by atoms with E-state index >= 15 is 0 Å². The van der Waals surface area contributed by atoms with Gasteiger partial charge in [0.2, 0.25) is 5.91 Å². The molecular weight excluding hydrogens is 281 g/mol. The third-order valence-corrected chi connectivity index (χ3v) is 3.06. The van der Waals surface area contributed by atoms with E-state index in [1.165, 1.54) is 4.90 Å². The summed E-state index contributed by atoms with van der Waals surface area (Å²) < 4.78 is 39.9. The van der Waals surface area contributed by atoms with Crippen molar-refractivity contribution >= 4 is 11.9 Å². The van der Waals surface area contributed by atoms with Crippen LogP contribution in [0.2, 0.25) is 0 Å². The van der Waals surface area contributed by atoms with Gasteiger partial charge in [-0.2, -0.15) is 13.2 Å². The van der Waals surface area contributed by atoms with Crippen molar-refractivity contribution in [1.82, 2.24) is 9.80 Å². The van der Waals surface area contributed by atoms with Crippen LogP contribution in [0.5, 0.6) is 0 Å². The number of carbonyl (C=O) groups is 2. The highest BCUT2D eigenvalue weighted by molar-refractivity contribution is 5.77. The number of ether oxygens (including phenoxy) is 1. The molecule has 1 atom stereocenters. The van der Waals surface area contributed by atoms with E-state index in [2.05, 4.69) is 4.74 Å². The summed E-state index contributed by atoms with van der Waals surface area (Å²) in [7, 11) is 0. The van der Waals surface area contributed by atoms with Crippen molar-refractivity contribution < 1.29 is 32.6 Å². The summed E-state index contributed by atoms with van der Waals surface area (Å²) in [5, 5.41) is 8.85. The first-order valence-electron chi connectivity index (χ1n) is 6.10. The molecular formula is C11H17F3N2O4. The van der Waals surface area contributed by atoms with Crippen molar-refractivity contribution in [2.75, 3.05) is 39.4 Å². The lowest BCUT2D eigenvalue weighted by Crippen LogP contribution is -2.53. The number of carboxylic acid groups (broad SMARTS) is 1. The van der Waals surface area contributed by atoms with Crippen molar-refractivity contribution in [3.63, 3.8) is 0 Å². The third-order valence-electron chi connectivity index (χ3n) is 3.06. The number of aliphatic carboxylic acids is 1. The van der Waals surface area contributed by atoms with Crippen LogP contribution >= 0.6 is 0 Å². The van der Waals surface area contributed by atoms with Crippen LogP contribution in [-0.4, -0.2) is 78.4 Å². The standard InChI is InChI=1S/C11H17F3N2O4/c1-8(10(18)19)15-2-4-16(5-3-15)9(17)6-20-7-11(12,13)14/h8H,2-7H2,1H3,(H,18,19). The molecule has 1 N–H and O–H groups in total. The number of carbonyl (C=O) groups excluding carboxylic acids is 1. The number of rotatable bonds is 5. The second kappa shape index (κ2) is 6.89. The van der Waals surface area contributed by atoms with Gasteiger partial charge in [-0.15, -0.1) is 0 Å². The molecule has 116 valence electrons. The maximum Gasteiger partial charge on any atom is 0.411 e. The molecule has 20 heavy (non-hydrogen) atoms. The minimum absolute atomic E-state index is 0.284. The van der Waals surface area contributed by atoms with Crippen LogP contribution < -0.4 is 0 Å². The highest BCUT2D eigenvalue weighted by Gasteiger charge is 2.30. The van der Waals surface area contributed by atoms with E-state index in [1.54, 1.807) is 11.8 Å². The molecule has 1 aliphatic heterocycles. The fraction of sp³-hybridized carbons (Fsp3) is 0.818. The Labute approximate surface area is 114 Å². The largest absolute Gasteiger partial charge is 0.480 e. The molecule has 1 fully saturated rings. The minimum atomic E-state index is -4.45. The number of piperazine rings is 1. The van der Waals surface area contributed by atoms with Crippen molar-refractivity contribution in [3.8, 4) is 0 Å². The normalized spacial score (nSPS) is 18.9. The molecule has 1 aliphatic rings. The Balaban J connectivity index is 2.30. The maximum absolute atomic E-state index is 11.9. The van der Waals surface area contributed by atoms with E-state index in [0.717, 1.165) is 0 Å². The molecule has 0 aromatic carbocycles. The smallest absolute Gasteiger partial charge is 0.411 e. The predicted octanol–water partition coefficient (Wildman–Crippen LogP) is 0.183. The number of alkyl halides is 3. The predicted molar refractivity (Wildman–Crippen MR) is 62.1 cm³/mol. The first-order chi connectivity index (χ1) is 9.20. The van der Waals surface area contributed by atoms with Gasteiger partial charge in [0.25, 0.3) is 0 Å². The molecule has 0 saturated carbocycles. The lowest BCUT2D eigenvalue weighted by atomic mass is 10.2. The number of hydrogen-bond acceptors (Lipinski definition) is 4. The van der Waals surface area contributed by atoms with Gasteiger partial charge in [-0.05, 0) is 6.92 Å². The van der Waals surface area contributed by atoms with E-state index in [-0.39, 0.29) is 13.1 Å². The molecule has 1 saturated heterocycles. The molecule has 0 radical (unpaired) electrons. The van der Waals surface area contributed by atoms with Gasteiger partial charge in [-0.1, -0.05) is 0 Å². The molecule has 9 heteroatoms. The summed E-state index contributed by atoms with van der Waals surface area (Å²) in [5.41, 5.74) is 0. The zero-order chi connectivity index (χ0) is 15.3. The first kappa shape index (κ1) is 16.7. The average Bonchev–Trinajstić information content (AvgIpc) is 2.36. The summed E-state index contributed by atoms with van der Waals surface area (Å²) in [6.07, 6.45) is -4.45.